The van der Waals surface area contributed by atoms with Gasteiger partial charge >= 0.3 is 5.97 Å². The number of carboxylic acid groups (broad SMARTS) is 1. The molecule has 1 amide bonds. The van der Waals surface area contributed by atoms with E-state index in [1.807, 2.05) is 24.3 Å². The van der Waals surface area contributed by atoms with Gasteiger partial charge in [0.05, 0.1) is 6.42 Å². The Morgan fingerprint density at radius 3 is 2.21 bits per heavy atom. The number of nitrogens with zero attached hydrogens (tertiary/aromatic N) is 1. The molecule has 1 N–H and O–H groups in total. The molecule has 0 aliphatic heterocycles. The van der Waals surface area contributed by atoms with Crippen molar-refractivity contribution in [3.63, 3.8) is 0 Å². The molecule has 1 rings (SSSR count). The highest BCUT2D eigenvalue weighted by Gasteiger charge is 2.20. The van der Waals surface area contributed by atoms with Crippen LogP contribution in [0.3, 0.4) is 0 Å². The highest BCUT2D eigenvalue weighted by atomic mass is 16.4. The smallest absolute Gasteiger partial charge is 0.304 e. The van der Waals surface area contributed by atoms with Crippen LogP contribution in [-0.4, -0.2) is 28.9 Å². The lowest BCUT2D eigenvalue weighted by Crippen LogP contribution is -2.32. The van der Waals surface area contributed by atoms with E-state index in [9.17, 15) is 9.59 Å². The van der Waals surface area contributed by atoms with Crippen molar-refractivity contribution in [3.05, 3.63) is 35.4 Å². The number of carbonyl (C=O) groups is 2. The Bertz CT molecular complexity index is 439. The summed E-state index contributed by atoms with van der Waals surface area (Å²) in [4.78, 5) is 24.1. The van der Waals surface area contributed by atoms with Crippen molar-refractivity contribution >= 4 is 11.9 Å². The van der Waals surface area contributed by atoms with Crippen molar-refractivity contribution in [1.29, 1.82) is 0 Å². The second-order valence-corrected chi connectivity index (χ2v) is 4.86. The molecule has 0 aromatic heterocycles. The molecule has 1 aromatic rings. The highest BCUT2D eigenvalue weighted by molar-refractivity contribution is 5.82. The largest absolute Gasteiger partial charge is 0.481 e. The van der Waals surface area contributed by atoms with Crippen molar-refractivity contribution in [3.8, 4) is 0 Å². The number of carboxylic acids is 1. The first kappa shape index (κ1) is 15.2. The molecule has 4 nitrogen and oxygen atoms in total. The second kappa shape index (κ2) is 6.92. The van der Waals surface area contributed by atoms with Crippen LogP contribution in [0, 0.1) is 5.92 Å². The fourth-order valence-electron chi connectivity index (χ4n) is 1.96. The van der Waals surface area contributed by atoms with Gasteiger partial charge in [0.15, 0.2) is 0 Å². The predicted octanol–water partition coefficient (Wildman–Crippen LogP) is 2.32. The monoisotopic (exact) mass is 263 g/mol. The third-order valence-corrected chi connectivity index (χ3v) is 3.13. The van der Waals surface area contributed by atoms with Crippen molar-refractivity contribution in [2.24, 2.45) is 5.92 Å². The van der Waals surface area contributed by atoms with E-state index < -0.39 is 11.9 Å². The minimum Gasteiger partial charge on any atom is -0.481 e. The third kappa shape index (κ3) is 4.73. The Kier molecular flexibility index (Phi) is 5.55. The Hall–Kier alpha value is -1.84. The maximum Gasteiger partial charge on any atom is 0.304 e. The molecule has 0 spiro atoms. The number of carbonyl (C=O) groups excluding carboxylic acids is 1. The lowest BCUT2D eigenvalue weighted by molar-refractivity contribution is -0.143. The van der Waals surface area contributed by atoms with Gasteiger partial charge in [-0.25, -0.2) is 0 Å². The van der Waals surface area contributed by atoms with Crippen LogP contribution in [-0.2, 0) is 22.6 Å². The molecule has 0 aliphatic rings. The summed E-state index contributed by atoms with van der Waals surface area (Å²) in [5.74, 6) is -1.57. The van der Waals surface area contributed by atoms with Gasteiger partial charge in [0.1, 0.15) is 0 Å². The van der Waals surface area contributed by atoms with Crippen molar-refractivity contribution in [1.82, 2.24) is 4.90 Å². The zero-order chi connectivity index (χ0) is 14.4. The number of benzene rings is 1. The van der Waals surface area contributed by atoms with Crippen LogP contribution >= 0.6 is 0 Å². The summed E-state index contributed by atoms with van der Waals surface area (Å²) in [6.07, 6.45) is 0.864. The summed E-state index contributed by atoms with van der Waals surface area (Å²) < 4.78 is 0. The van der Waals surface area contributed by atoms with Crippen LogP contribution in [0.2, 0.25) is 0 Å². The fourth-order valence-corrected chi connectivity index (χ4v) is 1.96. The standard InChI is InChI=1S/C15H21NO3/c1-4-12-5-7-13(8-6-12)10-16(3)15(19)11(2)9-14(17)18/h5-8,11H,4,9-10H2,1-3H3,(H,17,18). The molecule has 0 saturated heterocycles. The SMILES string of the molecule is CCc1ccc(CN(C)C(=O)C(C)CC(=O)O)cc1. The number of aryl methyl sites for hydroxylation is 1. The average Bonchev–Trinajstić information content (AvgIpc) is 2.37. The molecule has 19 heavy (non-hydrogen) atoms. The average molecular weight is 263 g/mol. The molecule has 0 aliphatic carbocycles. The van der Waals surface area contributed by atoms with Crippen LogP contribution in [0.4, 0.5) is 0 Å². The summed E-state index contributed by atoms with van der Waals surface area (Å²) >= 11 is 0. The van der Waals surface area contributed by atoms with E-state index in [4.69, 9.17) is 5.11 Å². The van der Waals surface area contributed by atoms with Gasteiger partial charge in [0, 0.05) is 19.5 Å². The normalized spacial score (nSPS) is 11.9. The van der Waals surface area contributed by atoms with E-state index >= 15 is 0 Å². The summed E-state index contributed by atoms with van der Waals surface area (Å²) in [6, 6.07) is 8.11. The maximum atomic E-state index is 12.0. The van der Waals surface area contributed by atoms with E-state index in [-0.39, 0.29) is 12.3 Å². The molecule has 1 atom stereocenters. The van der Waals surface area contributed by atoms with Gasteiger partial charge in [-0.3, -0.25) is 9.59 Å². The summed E-state index contributed by atoms with van der Waals surface area (Å²) in [6.45, 7) is 4.25. The zero-order valence-corrected chi connectivity index (χ0v) is 11.7. The Morgan fingerprint density at radius 2 is 1.74 bits per heavy atom. The van der Waals surface area contributed by atoms with E-state index in [0.29, 0.717) is 6.54 Å². The molecule has 104 valence electrons. The number of rotatable bonds is 6. The fraction of sp³-hybridized carbons (Fsp3) is 0.467. The molecule has 0 fully saturated rings. The maximum absolute atomic E-state index is 12.0. The molecular weight excluding hydrogens is 242 g/mol. The summed E-state index contributed by atoms with van der Waals surface area (Å²) in [5, 5.41) is 8.69. The number of aliphatic carboxylic acids is 1. The summed E-state index contributed by atoms with van der Waals surface area (Å²) in [5.41, 5.74) is 2.31. The first-order valence-electron chi connectivity index (χ1n) is 6.48. The highest BCUT2D eigenvalue weighted by Crippen LogP contribution is 2.11. The lowest BCUT2D eigenvalue weighted by Gasteiger charge is -2.20. The second-order valence-electron chi connectivity index (χ2n) is 4.86. The molecule has 1 aromatic carbocycles. The first-order chi connectivity index (χ1) is 8.93. The van der Waals surface area contributed by atoms with Gasteiger partial charge in [-0.05, 0) is 17.5 Å². The van der Waals surface area contributed by atoms with Gasteiger partial charge < -0.3 is 10.0 Å². The molecule has 0 bridgehead atoms. The first-order valence-corrected chi connectivity index (χ1v) is 6.48. The van der Waals surface area contributed by atoms with E-state index in [0.717, 1.165) is 12.0 Å². The van der Waals surface area contributed by atoms with Gasteiger partial charge in [0.2, 0.25) is 5.91 Å². The number of amides is 1. The third-order valence-electron chi connectivity index (χ3n) is 3.13. The van der Waals surface area contributed by atoms with Gasteiger partial charge in [0.25, 0.3) is 0 Å². The quantitative estimate of drug-likeness (QED) is 0.857. The lowest BCUT2D eigenvalue weighted by atomic mass is 10.1. The molecule has 0 radical (unpaired) electrons. The van der Waals surface area contributed by atoms with Crippen molar-refractivity contribution < 1.29 is 14.7 Å². The van der Waals surface area contributed by atoms with E-state index in [1.54, 1.807) is 18.9 Å². The van der Waals surface area contributed by atoms with Crippen LogP contribution in [0.15, 0.2) is 24.3 Å². The molecule has 0 heterocycles. The topological polar surface area (TPSA) is 57.6 Å². The Labute approximate surface area is 114 Å². The molecule has 4 heteroatoms. The van der Waals surface area contributed by atoms with E-state index in [2.05, 4.69) is 6.92 Å². The Balaban J connectivity index is 2.60. The Morgan fingerprint density at radius 1 is 1.21 bits per heavy atom. The van der Waals surface area contributed by atoms with Gasteiger partial charge in [-0.15, -0.1) is 0 Å². The van der Waals surface area contributed by atoms with Crippen LogP contribution in [0.1, 0.15) is 31.4 Å². The van der Waals surface area contributed by atoms with Crippen LogP contribution in [0.5, 0.6) is 0 Å². The minimum atomic E-state index is -0.943. The molecular formula is C15H21NO3. The van der Waals surface area contributed by atoms with Crippen LogP contribution in [0.25, 0.3) is 0 Å². The summed E-state index contributed by atoms with van der Waals surface area (Å²) in [7, 11) is 1.70. The zero-order valence-electron chi connectivity index (χ0n) is 11.7. The van der Waals surface area contributed by atoms with Crippen molar-refractivity contribution in [2.75, 3.05) is 7.05 Å². The number of hydrogen-bond donors (Lipinski definition) is 1. The minimum absolute atomic E-state index is 0.127. The van der Waals surface area contributed by atoms with Gasteiger partial charge in [-0.2, -0.15) is 0 Å². The molecule has 0 saturated carbocycles. The van der Waals surface area contributed by atoms with Gasteiger partial charge in [-0.1, -0.05) is 38.1 Å². The van der Waals surface area contributed by atoms with Crippen LogP contribution < -0.4 is 0 Å². The number of hydrogen-bond acceptors (Lipinski definition) is 2. The molecule has 1 unspecified atom stereocenters. The van der Waals surface area contributed by atoms with E-state index in [1.165, 1.54) is 5.56 Å². The predicted molar refractivity (Wildman–Crippen MR) is 73.7 cm³/mol. The van der Waals surface area contributed by atoms with Crippen molar-refractivity contribution in [2.45, 2.75) is 33.2 Å².